The minimum absolute atomic E-state index is 0.121. The van der Waals surface area contributed by atoms with Crippen molar-refractivity contribution in [1.82, 2.24) is 5.43 Å². The third-order valence-corrected chi connectivity index (χ3v) is 2.69. The number of rotatable bonds is 4. The number of carboxylic acids is 1. The van der Waals surface area contributed by atoms with Gasteiger partial charge in [0.05, 0.1) is 17.3 Å². The molecule has 2 aromatic carbocycles. The summed E-state index contributed by atoms with van der Waals surface area (Å²) in [6.45, 7) is 0. The molecular formula is C15H12N2O4. The van der Waals surface area contributed by atoms with Crippen LogP contribution in [0.15, 0.2) is 53.6 Å². The van der Waals surface area contributed by atoms with E-state index in [1.54, 1.807) is 24.3 Å². The Hall–Kier alpha value is -3.15. The highest BCUT2D eigenvalue weighted by Crippen LogP contribution is 2.14. The number of aromatic hydroxyl groups is 1. The molecule has 0 saturated carbocycles. The molecule has 0 aliphatic carbocycles. The number of carbonyl (C=O) groups is 2. The van der Waals surface area contributed by atoms with Crippen LogP contribution in [0.4, 0.5) is 0 Å². The number of benzene rings is 2. The van der Waals surface area contributed by atoms with Crippen molar-refractivity contribution in [3.8, 4) is 5.75 Å². The third kappa shape index (κ3) is 3.66. The lowest BCUT2D eigenvalue weighted by molar-refractivity contribution is 0.0696. The van der Waals surface area contributed by atoms with Crippen LogP contribution in [0.25, 0.3) is 0 Å². The maximum absolute atomic E-state index is 11.7. The first-order valence-electron chi connectivity index (χ1n) is 6.02. The van der Waals surface area contributed by atoms with Crippen molar-refractivity contribution in [3.05, 3.63) is 65.2 Å². The van der Waals surface area contributed by atoms with Crippen LogP contribution in [0.2, 0.25) is 0 Å². The van der Waals surface area contributed by atoms with Gasteiger partial charge in [-0.2, -0.15) is 5.10 Å². The summed E-state index contributed by atoms with van der Waals surface area (Å²) in [5, 5.41) is 22.0. The Morgan fingerprint density at radius 2 is 1.71 bits per heavy atom. The average molecular weight is 284 g/mol. The van der Waals surface area contributed by atoms with Crippen molar-refractivity contribution in [3.63, 3.8) is 0 Å². The van der Waals surface area contributed by atoms with Crippen molar-refractivity contribution < 1.29 is 19.8 Å². The predicted octanol–water partition coefficient (Wildman–Crippen LogP) is 1.85. The molecule has 6 heteroatoms. The molecule has 0 heterocycles. The molecule has 2 rings (SSSR count). The molecule has 0 aromatic heterocycles. The number of phenolic OH excluding ortho intramolecular Hbond substituents is 1. The Balaban J connectivity index is 2.01. The number of hydrogen-bond donors (Lipinski definition) is 3. The molecule has 0 saturated heterocycles. The number of para-hydroxylation sites is 1. The van der Waals surface area contributed by atoms with E-state index in [9.17, 15) is 14.7 Å². The molecular weight excluding hydrogens is 272 g/mol. The first-order valence-corrected chi connectivity index (χ1v) is 6.02. The zero-order valence-electron chi connectivity index (χ0n) is 10.9. The predicted molar refractivity (Wildman–Crippen MR) is 76.6 cm³/mol. The van der Waals surface area contributed by atoms with Gasteiger partial charge < -0.3 is 10.2 Å². The van der Waals surface area contributed by atoms with E-state index in [-0.39, 0.29) is 16.9 Å². The second kappa shape index (κ2) is 6.33. The Morgan fingerprint density at radius 1 is 1.05 bits per heavy atom. The van der Waals surface area contributed by atoms with Gasteiger partial charge in [0.25, 0.3) is 5.91 Å². The van der Waals surface area contributed by atoms with Crippen LogP contribution in [0.5, 0.6) is 5.75 Å². The quantitative estimate of drug-likeness (QED) is 0.589. The fraction of sp³-hybridized carbons (Fsp3) is 0. The van der Waals surface area contributed by atoms with Crippen LogP contribution in [-0.2, 0) is 0 Å². The fourth-order valence-electron chi connectivity index (χ4n) is 1.60. The van der Waals surface area contributed by atoms with Gasteiger partial charge in [0.15, 0.2) is 0 Å². The molecule has 1 amide bonds. The first kappa shape index (κ1) is 14.3. The number of amides is 1. The molecule has 0 aliphatic rings. The summed E-state index contributed by atoms with van der Waals surface area (Å²) in [5.41, 5.74) is 3.21. The van der Waals surface area contributed by atoms with Gasteiger partial charge in [-0.05, 0) is 29.8 Å². The summed E-state index contributed by atoms with van der Waals surface area (Å²) in [6, 6.07) is 12.1. The van der Waals surface area contributed by atoms with E-state index in [2.05, 4.69) is 10.5 Å². The van der Waals surface area contributed by atoms with E-state index >= 15 is 0 Å². The first-order chi connectivity index (χ1) is 10.1. The standard InChI is InChI=1S/C15H12N2O4/c18-13-4-2-1-3-12(13)14(19)17-16-9-10-5-7-11(8-6-10)15(20)21/h1-9,18H,(H,17,19)(H,20,21)/b16-9+. The van der Waals surface area contributed by atoms with Gasteiger partial charge in [-0.3, -0.25) is 4.79 Å². The van der Waals surface area contributed by atoms with Crippen LogP contribution in [-0.4, -0.2) is 28.3 Å². The summed E-state index contributed by atoms with van der Waals surface area (Å²) in [4.78, 5) is 22.4. The van der Waals surface area contributed by atoms with Gasteiger partial charge in [-0.25, -0.2) is 10.2 Å². The Bertz CT molecular complexity index is 693. The lowest BCUT2D eigenvalue weighted by Crippen LogP contribution is -2.17. The molecule has 0 atom stereocenters. The van der Waals surface area contributed by atoms with Crippen molar-refractivity contribution in [2.45, 2.75) is 0 Å². The summed E-state index contributed by atoms with van der Waals surface area (Å²) in [6.07, 6.45) is 1.38. The Kier molecular flexibility index (Phi) is 4.30. The van der Waals surface area contributed by atoms with E-state index in [0.29, 0.717) is 5.56 Å². The minimum Gasteiger partial charge on any atom is -0.507 e. The van der Waals surface area contributed by atoms with Crippen molar-refractivity contribution in [2.75, 3.05) is 0 Å². The summed E-state index contributed by atoms with van der Waals surface area (Å²) >= 11 is 0. The zero-order valence-corrected chi connectivity index (χ0v) is 10.9. The minimum atomic E-state index is -1.01. The summed E-state index contributed by atoms with van der Waals surface area (Å²) in [5.74, 6) is -1.67. The third-order valence-electron chi connectivity index (χ3n) is 2.69. The number of nitrogens with one attached hydrogen (secondary N) is 1. The maximum Gasteiger partial charge on any atom is 0.335 e. The fourth-order valence-corrected chi connectivity index (χ4v) is 1.60. The second-order valence-corrected chi connectivity index (χ2v) is 4.14. The van der Waals surface area contributed by atoms with E-state index in [1.165, 1.54) is 30.5 Å². The molecule has 0 spiro atoms. The number of nitrogens with zero attached hydrogens (tertiary/aromatic N) is 1. The van der Waals surface area contributed by atoms with E-state index in [1.807, 2.05) is 0 Å². The molecule has 0 aliphatic heterocycles. The number of phenols is 1. The van der Waals surface area contributed by atoms with E-state index in [0.717, 1.165) is 0 Å². The largest absolute Gasteiger partial charge is 0.507 e. The lowest BCUT2D eigenvalue weighted by Gasteiger charge is -2.01. The number of aromatic carboxylic acids is 1. The molecule has 21 heavy (non-hydrogen) atoms. The van der Waals surface area contributed by atoms with Crippen LogP contribution < -0.4 is 5.43 Å². The second-order valence-electron chi connectivity index (χ2n) is 4.14. The average Bonchev–Trinajstić information content (AvgIpc) is 2.48. The van der Waals surface area contributed by atoms with E-state index in [4.69, 9.17) is 5.11 Å². The van der Waals surface area contributed by atoms with Gasteiger partial charge in [0.1, 0.15) is 5.75 Å². The molecule has 2 aromatic rings. The van der Waals surface area contributed by atoms with E-state index < -0.39 is 11.9 Å². The number of carbonyl (C=O) groups excluding carboxylic acids is 1. The number of hydrazone groups is 1. The van der Waals surface area contributed by atoms with Gasteiger partial charge in [0, 0.05) is 0 Å². The highest BCUT2D eigenvalue weighted by atomic mass is 16.4. The summed E-state index contributed by atoms with van der Waals surface area (Å²) < 4.78 is 0. The lowest BCUT2D eigenvalue weighted by atomic mass is 10.1. The molecule has 3 N–H and O–H groups in total. The molecule has 106 valence electrons. The van der Waals surface area contributed by atoms with Crippen molar-refractivity contribution >= 4 is 18.1 Å². The summed E-state index contributed by atoms with van der Waals surface area (Å²) in [7, 11) is 0. The van der Waals surface area contributed by atoms with Crippen LogP contribution in [0, 0.1) is 0 Å². The molecule has 6 nitrogen and oxygen atoms in total. The topological polar surface area (TPSA) is 99.0 Å². The highest BCUT2D eigenvalue weighted by molar-refractivity contribution is 5.97. The number of carboxylic acid groups (broad SMARTS) is 1. The molecule has 0 bridgehead atoms. The van der Waals surface area contributed by atoms with Crippen LogP contribution >= 0.6 is 0 Å². The maximum atomic E-state index is 11.7. The van der Waals surface area contributed by atoms with Gasteiger partial charge in [-0.15, -0.1) is 0 Å². The Morgan fingerprint density at radius 3 is 2.33 bits per heavy atom. The van der Waals surface area contributed by atoms with Gasteiger partial charge in [-0.1, -0.05) is 24.3 Å². The van der Waals surface area contributed by atoms with Crippen LogP contribution in [0.3, 0.4) is 0 Å². The SMILES string of the molecule is O=C(O)c1ccc(/C=N/NC(=O)c2ccccc2O)cc1. The highest BCUT2D eigenvalue weighted by Gasteiger charge is 2.08. The molecule has 0 radical (unpaired) electrons. The Labute approximate surface area is 120 Å². The smallest absolute Gasteiger partial charge is 0.335 e. The van der Waals surface area contributed by atoms with Gasteiger partial charge >= 0.3 is 5.97 Å². The number of hydrogen-bond acceptors (Lipinski definition) is 4. The van der Waals surface area contributed by atoms with Crippen LogP contribution in [0.1, 0.15) is 26.3 Å². The normalized spacial score (nSPS) is 10.5. The van der Waals surface area contributed by atoms with Gasteiger partial charge in [0.2, 0.25) is 0 Å². The van der Waals surface area contributed by atoms with Crippen molar-refractivity contribution in [2.24, 2.45) is 5.10 Å². The molecule has 0 unspecified atom stereocenters. The van der Waals surface area contributed by atoms with Crippen molar-refractivity contribution in [1.29, 1.82) is 0 Å². The monoisotopic (exact) mass is 284 g/mol. The molecule has 0 fully saturated rings. The zero-order chi connectivity index (χ0) is 15.2.